The van der Waals surface area contributed by atoms with E-state index in [1.54, 1.807) is 18.7 Å². The van der Waals surface area contributed by atoms with Crippen LogP contribution in [0.3, 0.4) is 0 Å². The standard InChI is InChI=1S/C11H19N3O2/c1-7(2)6-13(4)10-9(11(15)16)8(3)12-14(10)5/h7H,6H2,1-5H3,(H,15,16). The Bertz CT molecular complexity index is 396. The molecule has 0 spiro atoms. The summed E-state index contributed by atoms with van der Waals surface area (Å²) in [4.78, 5) is 13.1. The molecular formula is C11H19N3O2. The van der Waals surface area contributed by atoms with Gasteiger partial charge in [0.15, 0.2) is 0 Å². The van der Waals surface area contributed by atoms with Gasteiger partial charge in [-0.3, -0.25) is 4.68 Å². The van der Waals surface area contributed by atoms with Crippen molar-refractivity contribution in [1.82, 2.24) is 9.78 Å². The molecule has 0 bridgehead atoms. The predicted molar refractivity (Wildman–Crippen MR) is 63.0 cm³/mol. The molecule has 0 aliphatic rings. The molecule has 0 fully saturated rings. The van der Waals surface area contributed by atoms with Gasteiger partial charge in [-0.15, -0.1) is 0 Å². The van der Waals surface area contributed by atoms with E-state index in [2.05, 4.69) is 18.9 Å². The second-order valence-electron chi connectivity index (χ2n) is 4.49. The second-order valence-corrected chi connectivity index (χ2v) is 4.49. The van der Waals surface area contributed by atoms with E-state index >= 15 is 0 Å². The van der Waals surface area contributed by atoms with Crippen molar-refractivity contribution in [2.45, 2.75) is 20.8 Å². The van der Waals surface area contributed by atoms with Crippen molar-refractivity contribution in [3.63, 3.8) is 0 Å². The number of carboxylic acids is 1. The van der Waals surface area contributed by atoms with Crippen molar-refractivity contribution in [2.75, 3.05) is 18.5 Å². The second kappa shape index (κ2) is 4.55. The van der Waals surface area contributed by atoms with Crippen LogP contribution in [-0.4, -0.2) is 34.4 Å². The number of carbonyl (C=O) groups is 1. The van der Waals surface area contributed by atoms with Crippen LogP contribution in [0.1, 0.15) is 29.9 Å². The highest BCUT2D eigenvalue weighted by atomic mass is 16.4. The highest BCUT2D eigenvalue weighted by Gasteiger charge is 2.22. The first-order valence-corrected chi connectivity index (χ1v) is 5.32. The van der Waals surface area contributed by atoms with Crippen LogP contribution >= 0.6 is 0 Å². The highest BCUT2D eigenvalue weighted by molar-refractivity contribution is 5.94. The van der Waals surface area contributed by atoms with Gasteiger partial charge in [-0.1, -0.05) is 13.8 Å². The maximum absolute atomic E-state index is 11.2. The average molecular weight is 225 g/mol. The number of hydrogen-bond acceptors (Lipinski definition) is 3. The molecule has 0 atom stereocenters. The van der Waals surface area contributed by atoms with E-state index < -0.39 is 5.97 Å². The zero-order valence-electron chi connectivity index (χ0n) is 10.5. The Labute approximate surface area is 95.7 Å². The number of aryl methyl sites for hydroxylation is 2. The van der Waals surface area contributed by atoms with Crippen LogP contribution in [0.4, 0.5) is 5.82 Å². The third kappa shape index (κ3) is 2.35. The van der Waals surface area contributed by atoms with Crippen molar-refractivity contribution in [3.8, 4) is 0 Å². The monoisotopic (exact) mass is 225 g/mol. The summed E-state index contributed by atoms with van der Waals surface area (Å²) in [5, 5.41) is 13.3. The van der Waals surface area contributed by atoms with Crippen LogP contribution in [0.2, 0.25) is 0 Å². The third-order valence-corrected chi connectivity index (χ3v) is 2.41. The molecule has 1 rings (SSSR count). The number of nitrogens with zero attached hydrogens (tertiary/aromatic N) is 3. The lowest BCUT2D eigenvalue weighted by Crippen LogP contribution is -2.26. The summed E-state index contributed by atoms with van der Waals surface area (Å²) in [5.41, 5.74) is 0.853. The van der Waals surface area contributed by atoms with Crippen LogP contribution in [0.25, 0.3) is 0 Å². The molecule has 0 aliphatic carbocycles. The molecule has 0 aromatic carbocycles. The predicted octanol–water partition coefficient (Wildman–Crippen LogP) is 1.52. The Balaban J connectivity index is 3.16. The van der Waals surface area contributed by atoms with E-state index in [0.717, 1.165) is 6.54 Å². The summed E-state index contributed by atoms with van der Waals surface area (Å²) in [6, 6.07) is 0. The number of anilines is 1. The topological polar surface area (TPSA) is 58.4 Å². The lowest BCUT2D eigenvalue weighted by atomic mass is 10.2. The molecule has 90 valence electrons. The molecule has 5 heteroatoms. The minimum Gasteiger partial charge on any atom is -0.477 e. The third-order valence-electron chi connectivity index (χ3n) is 2.41. The molecule has 0 radical (unpaired) electrons. The molecule has 5 nitrogen and oxygen atoms in total. The van der Waals surface area contributed by atoms with Gasteiger partial charge in [0.2, 0.25) is 0 Å². The van der Waals surface area contributed by atoms with E-state index in [1.165, 1.54) is 0 Å². The van der Waals surface area contributed by atoms with Gasteiger partial charge in [-0.05, 0) is 12.8 Å². The van der Waals surface area contributed by atoms with Crippen molar-refractivity contribution in [2.24, 2.45) is 13.0 Å². The van der Waals surface area contributed by atoms with E-state index in [-0.39, 0.29) is 0 Å². The average Bonchev–Trinajstić information content (AvgIpc) is 2.39. The van der Waals surface area contributed by atoms with Crippen molar-refractivity contribution in [3.05, 3.63) is 11.3 Å². The molecule has 0 saturated carbocycles. The Kier molecular flexibility index (Phi) is 3.57. The molecule has 1 heterocycles. The first-order valence-electron chi connectivity index (χ1n) is 5.32. The summed E-state index contributed by atoms with van der Waals surface area (Å²) in [6.07, 6.45) is 0. The SMILES string of the molecule is Cc1nn(C)c(N(C)CC(C)C)c1C(=O)O. The van der Waals surface area contributed by atoms with Crippen LogP contribution in [0, 0.1) is 12.8 Å². The Morgan fingerprint density at radius 3 is 2.56 bits per heavy atom. The fourth-order valence-electron chi connectivity index (χ4n) is 1.97. The molecule has 0 aliphatic heterocycles. The van der Waals surface area contributed by atoms with Gasteiger partial charge in [0.25, 0.3) is 0 Å². The molecule has 0 amide bonds. The van der Waals surface area contributed by atoms with Gasteiger partial charge in [0.05, 0.1) is 5.69 Å². The highest BCUT2D eigenvalue weighted by Crippen LogP contribution is 2.22. The summed E-state index contributed by atoms with van der Waals surface area (Å²) in [7, 11) is 3.66. The largest absolute Gasteiger partial charge is 0.477 e. The Morgan fingerprint density at radius 1 is 1.56 bits per heavy atom. The van der Waals surface area contributed by atoms with Crippen LogP contribution in [0.5, 0.6) is 0 Å². The maximum Gasteiger partial charge on any atom is 0.341 e. The quantitative estimate of drug-likeness (QED) is 0.844. The maximum atomic E-state index is 11.2. The van der Waals surface area contributed by atoms with Gasteiger partial charge in [0, 0.05) is 20.6 Å². The van der Waals surface area contributed by atoms with E-state index in [0.29, 0.717) is 23.0 Å². The lowest BCUT2D eigenvalue weighted by molar-refractivity contribution is 0.0696. The normalized spacial score (nSPS) is 10.9. The van der Waals surface area contributed by atoms with E-state index in [9.17, 15) is 4.79 Å². The van der Waals surface area contributed by atoms with Gasteiger partial charge in [-0.25, -0.2) is 4.79 Å². The molecule has 1 aromatic heterocycles. The summed E-state index contributed by atoms with van der Waals surface area (Å²) in [5.74, 6) is 0.219. The summed E-state index contributed by atoms with van der Waals surface area (Å²) < 4.78 is 1.63. The first kappa shape index (κ1) is 12.5. The number of aromatic carboxylic acids is 1. The summed E-state index contributed by atoms with van der Waals surface area (Å²) >= 11 is 0. The van der Waals surface area contributed by atoms with E-state index in [4.69, 9.17) is 5.11 Å². The Morgan fingerprint density at radius 2 is 2.12 bits per heavy atom. The molecule has 0 unspecified atom stereocenters. The fraction of sp³-hybridized carbons (Fsp3) is 0.636. The van der Waals surface area contributed by atoms with Crippen molar-refractivity contribution >= 4 is 11.8 Å². The van der Waals surface area contributed by atoms with E-state index in [1.807, 2.05) is 11.9 Å². The first-order chi connectivity index (χ1) is 7.34. The molecule has 16 heavy (non-hydrogen) atoms. The van der Waals surface area contributed by atoms with Crippen LogP contribution in [0.15, 0.2) is 0 Å². The number of aromatic nitrogens is 2. The minimum atomic E-state index is -0.920. The van der Waals surface area contributed by atoms with Gasteiger partial charge >= 0.3 is 5.97 Å². The lowest BCUT2D eigenvalue weighted by Gasteiger charge is -2.22. The molecule has 1 N–H and O–H groups in total. The minimum absolute atomic E-state index is 0.297. The van der Waals surface area contributed by atoms with Gasteiger partial charge < -0.3 is 10.0 Å². The van der Waals surface area contributed by atoms with Crippen LogP contribution in [-0.2, 0) is 7.05 Å². The van der Waals surface area contributed by atoms with Crippen LogP contribution < -0.4 is 4.90 Å². The zero-order chi connectivity index (χ0) is 12.5. The molecule has 0 saturated heterocycles. The smallest absolute Gasteiger partial charge is 0.341 e. The molecular weight excluding hydrogens is 206 g/mol. The van der Waals surface area contributed by atoms with Crippen molar-refractivity contribution in [1.29, 1.82) is 0 Å². The number of carboxylic acid groups (broad SMARTS) is 1. The number of rotatable bonds is 4. The molecule has 1 aromatic rings. The number of hydrogen-bond donors (Lipinski definition) is 1. The zero-order valence-corrected chi connectivity index (χ0v) is 10.5. The van der Waals surface area contributed by atoms with Gasteiger partial charge in [-0.2, -0.15) is 5.10 Å². The fourth-order valence-corrected chi connectivity index (χ4v) is 1.97. The Hall–Kier alpha value is -1.52. The van der Waals surface area contributed by atoms with Gasteiger partial charge in [0.1, 0.15) is 11.4 Å². The summed E-state index contributed by atoms with van der Waals surface area (Å²) in [6.45, 7) is 6.72. The van der Waals surface area contributed by atoms with Crippen molar-refractivity contribution < 1.29 is 9.90 Å².